The average Bonchev–Trinajstić information content (AvgIpc) is 2.99. The number of nitrogens with one attached hydrogen (secondary N) is 2. The molecule has 0 amide bonds. The summed E-state index contributed by atoms with van der Waals surface area (Å²) >= 11 is 1.45. The normalized spacial score (nSPS) is 14.6. The van der Waals surface area contributed by atoms with E-state index in [4.69, 9.17) is 0 Å². The molecule has 4 nitrogen and oxygen atoms in total. The van der Waals surface area contributed by atoms with E-state index < -0.39 is 10.0 Å². The first-order valence-corrected chi connectivity index (χ1v) is 9.81. The van der Waals surface area contributed by atoms with Crippen LogP contribution in [-0.4, -0.2) is 15.0 Å². The first kappa shape index (κ1) is 14.7. The number of rotatable bonds is 3. The van der Waals surface area contributed by atoms with Crippen molar-refractivity contribution < 1.29 is 8.42 Å². The monoisotopic (exact) mass is 344 g/mol. The van der Waals surface area contributed by atoms with Crippen LogP contribution in [0.3, 0.4) is 0 Å². The number of hydrogen-bond acceptors (Lipinski definition) is 4. The predicted octanol–water partition coefficient (Wildman–Crippen LogP) is 3.35. The second-order valence-corrected chi connectivity index (χ2v) is 8.17. The molecule has 0 fully saturated rings. The highest BCUT2D eigenvalue weighted by Crippen LogP contribution is 2.31. The minimum Gasteiger partial charge on any atom is -0.312 e. The van der Waals surface area contributed by atoms with Gasteiger partial charge in [-0.05, 0) is 42.3 Å². The van der Waals surface area contributed by atoms with Crippen molar-refractivity contribution in [2.24, 2.45) is 0 Å². The SMILES string of the molecule is O=S(=O)(Nc1ccc2c(c1)CCNC2)c1csc2ccccc12. The van der Waals surface area contributed by atoms with Gasteiger partial charge in [0.1, 0.15) is 4.90 Å². The number of benzene rings is 2. The van der Waals surface area contributed by atoms with Crippen molar-refractivity contribution in [1.82, 2.24) is 5.32 Å². The van der Waals surface area contributed by atoms with Crippen molar-refractivity contribution in [3.63, 3.8) is 0 Å². The Labute approximate surface area is 139 Å². The lowest BCUT2D eigenvalue weighted by atomic mass is 10.0. The zero-order valence-electron chi connectivity index (χ0n) is 12.4. The van der Waals surface area contributed by atoms with Gasteiger partial charge in [-0.2, -0.15) is 0 Å². The molecule has 1 aliphatic heterocycles. The highest BCUT2D eigenvalue weighted by atomic mass is 32.2. The lowest BCUT2D eigenvalue weighted by molar-refractivity contribution is 0.602. The molecule has 0 saturated heterocycles. The zero-order valence-corrected chi connectivity index (χ0v) is 14.0. The minimum absolute atomic E-state index is 0.345. The molecule has 23 heavy (non-hydrogen) atoms. The van der Waals surface area contributed by atoms with Crippen molar-refractivity contribution in [2.45, 2.75) is 17.9 Å². The Kier molecular flexibility index (Phi) is 3.60. The minimum atomic E-state index is -3.58. The Balaban J connectivity index is 1.70. The summed E-state index contributed by atoms with van der Waals surface area (Å²) in [5, 5.41) is 5.79. The number of anilines is 1. The third kappa shape index (κ3) is 2.73. The smallest absolute Gasteiger partial charge is 0.263 e. The molecule has 118 valence electrons. The quantitative estimate of drug-likeness (QED) is 0.766. The summed E-state index contributed by atoms with van der Waals surface area (Å²) < 4.78 is 29.2. The number of hydrogen-bond donors (Lipinski definition) is 2. The number of fused-ring (bicyclic) bond motifs is 2. The Hall–Kier alpha value is -1.89. The van der Waals surface area contributed by atoms with Gasteiger partial charge >= 0.3 is 0 Å². The van der Waals surface area contributed by atoms with Crippen LogP contribution < -0.4 is 10.0 Å². The van der Waals surface area contributed by atoms with Crippen LogP contribution in [0, 0.1) is 0 Å². The molecule has 2 N–H and O–H groups in total. The van der Waals surface area contributed by atoms with Gasteiger partial charge in [-0.25, -0.2) is 8.42 Å². The Morgan fingerprint density at radius 3 is 2.87 bits per heavy atom. The molecule has 0 bridgehead atoms. The lowest BCUT2D eigenvalue weighted by Crippen LogP contribution is -2.23. The van der Waals surface area contributed by atoms with Crippen molar-refractivity contribution >= 4 is 37.1 Å². The summed E-state index contributed by atoms with van der Waals surface area (Å²) in [6, 6.07) is 13.3. The molecule has 1 aliphatic rings. The van der Waals surface area contributed by atoms with E-state index in [0.717, 1.165) is 29.6 Å². The molecule has 3 aromatic rings. The van der Waals surface area contributed by atoms with E-state index in [1.807, 2.05) is 42.5 Å². The van der Waals surface area contributed by atoms with Crippen LogP contribution in [0.2, 0.25) is 0 Å². The molecule has 0 spiro atoms. The average molecular weight is 344 g/mol. The highest BCUT2D eigenvalue weighted by molar-refractivity contribution is 7.93. The van der Waals surface area contributed by atoms with Crippen LogP contribution in [0.25, 0.3) is 10.1 Å². The van der Waals surface area contributed by atoms with Gasteiger partial charge in [-0.15, -0.1) is 11.3 Å². The molecule has 4 rings (SSSR count). The summed E-state index contributed by atoms with van der Waals surface area (Å²) in [5.41, 5.74) is 3.07. The second-order valence-electron chi connectivity index (χ2n) is 5.61. The van der Waals surface area contributed by atoms with Crippen LogP contribution >= 0.6 is 11.3 Å². The maximum Gasteiger partial charge on any atom is 0.263 e. The summed E-state index contributed by atoms with van der Waals surface area (Å²) in [4.78, 5) is 0.345. The van der Waals surface area contributed by atoms with E-state index in [1.54, 1.807) is 5.38 Å². The van der Waals surface area contributed by atoms with Gasteiger partial charge in [0, 0.05) is 27.7 Å². The third-order valence-electron chi connectivity index (χ3n) is 4.08. The fraction of sp³-hybridized carbons (Fsp3) is 0.176. The van der Waals surface area contributed by atoms with Gasteiger partial charge in [0.2, 0.25) is 0 Å². The van der Waals surface area contributed by atoms with Gasteiger partial charge in [0.15, 0.2) is 0 Å². The van der Waals surface area contributed by atoms with Gasteiger partial charge < -0.3 is 5.32 Å². The fourth-order valence-electron chi connectivity index (χ4n) is 2.91. The first-order chi connectivity index (χ1) is 11.1. The Morgan fingerprint density at radius 2 is 1.96 bits per heavy atom. The molecule has 2 aromatic carbocycles. The molecule has 2 heterocycles. The summed E-state index contributed by atoms with van der Waals surface area (Å²) in [5.74, 6) is 0. The van der Waals surface area contributed by atoms with Crippen LogP contribution in [0.15, 0.2) is 52.7 Å². The summed E-state index contributed by atoms with van der Waals surface area (Å²) in [6.45, 7) is 1.77. The summed E-state index contributed by atoms with van der Waals surface area (Å²) in [7, 11) is -3.58. The lowest BCUT2D eigenvalue weighted by Gasteiger charge is -2.18. The molecule has 0 aliphatic carbocycles. The van der Waals surface area contributed by atoms with Crippen LogP contribution in [0.1, 0.15) is 11.1 Å². The maximum atomic E-state index is 12.7. The van der Waals surface area contributed by atoms with Crippen molar-refractivity contribution in [3.8, 4) is 0 Å². The van der Waals surface area contributed by atoms with Gasteiger partial charge in [0.05, 0.1) is 0 Å². The molecule has 0 saturated carbocycles. The molecule has 0 atom stereocenters. The van der Waals surface area contributed by atoms with E-state index in [-0.39, 0.29) is 0 Å². The largest absolute Gasteiger partial charge is 0.312 e. The highest BCUT2D eigenvalue weighted by Gasteiger charge is 2.19. The standard InChI is InChI=1S/C17H16N2O2S2/c20-23(21,17-11-22-16-4-2-1-3-15(16)17)19-14-6-5-13-10-18-8-7-12(13)9-14/h1-6,9,11,18-19H,7-8,10H2. The number of thiophene rings is 1. The molecule has 1 aromatic heterocycles. The molecule has 0 unspecified atom stereocenters. The second kappa shape index (κ2) is 5.63. The molecule has 0 radical (unpaired) electrons. The van der Waals surface area contributed by atoms with Gasteiger partial charge in [-0.1, -0.05) is 24.3 Å². The van der Waals surface area contributed by atoms with E-state index in [0.29, 0.717) is 10.6 Å². The molecular weight excluding hydrogens is 328 g/mol. The topological polar surface area (TPSA) is 58.2 Å². The van der Waals surface area contributed by atoms with E-state index in [2.05, 4.69) is 10.0 Å². The summed E-state index contributed by atoms with van der Waals surface area (Å²) in [6.07, 6.45) is 0.923. The molecule has 6 heteroatoms. The van der Waals surface area contributed by atoms with Crippen molar-refractivity contribution in [3.05, 3.63) is 59.0 Å². The van der Waals surface area contributed by atoms with Crippen molar-refractivity contribution in [1.29, 1.82) is 0 Å². The Morgan fingerprint density at radius 1 is 1.09 bits per heavy atom. The zero-order chi connectivity index (χ0) is 15.9. The van der Waals surface area contributed by atoms with Crippen LogP contribution in [0.5, 0.6) is 0 Å². The molecular formula is C17H16N2O2S2. The number of sulfonamides is 1. The van der Waals surface area contributed by atoms with Crippen LogP contribution in [0.4, 0.5) is 5.69 Å². The van der Waals surface area contributed by atoms with Crippen molar-refractivity contribution in [2.75, 3.05) is 11.3 Å². The van der Waals surface area contributed by atoms with E-state index in [1.165, 1.54) is 22.5 Å². The van der Waals surface area contributed by atoms with Gasteiger partial charge in [0.25, 0.3) is 10.0 Å². The van der Waals surface area contributed by atoms with Crippen LogP contribution in [-0.2, 0) is 23.0 Å². The first-order valence-electron chi connectivity index (χ1n) is 7.45. The Bertz CT molecular complexity index is 977. The van der Waals surface area contributed by atoms with E-state index >= 15 is 0 Å². The van der Waals surface area contributed by atoms with Gasteiger partial charge in [-0.3, -0.25) is 4.72 Å². The predicted molar refractivity (Wildman–Crippen MR) is 94.5 cm³/mol. The van der Waals surface area contributed by atoms with E-state index in [9.17, 15) is 8.42 Å². The third-order valence-corrected chi connectivity index (χ3v) is 6.61. The maximum absolute atomic E-state index is 12.7. The fourth-order valence-corrected chi connectivity index (χ4v) is 5.47.